The number of ether oxygens (including phenoxy) is 4. The number of carbonyl (C=O) groups is 1. The number of amides is 1. The van der Waals surface area contributed by atoms with Crippen molar-refractivity contribution in [1.82, 2.24) is 5.32 Å². The molecule has 34 heavy (non-hydrogen) atoms. The molecule has 2 aromatic carbocycles. The quantitative estimate of drug-likeness (QED) is 0.544. The fourth-order valence-electron chi connectivity index (χ4n) is 3.68. The molecule has 0 saturated heterocycles. The van der Waals surface area contributed by atoms with Crippen LogP contribution in [0.2, 0.25) is 0 Å². The third kappa shape index (κ3) is 5.56. The van der Waals surface area contributed by atoms with E-state index in [2.05, 4.69) is 5.32 Å². The van der Waals surface area contributed by atoms with Crippen LogP contribution in [0.15, 0.2) is 30.3 Å². The van der Waals surface area contributed by atoms with Gasteiger partial charge in [0, 0.05) is 24.8 Å². The van der Waals surface area contributed by atoms with E-state index in [1.807, 2.05) is 34.6 Å². The summed E-state index contributed by atoms with van der Waals surface area (Å²) in [5, 5.41) is 2.41. The average Bonchev–Trinajstić information content (AvgIpc) is 2.97. The minimum absolute atomic E-state index is 0.155. The van der Waals surface area contributed by atoms with E-state index in [1.54, 1.807) is 30.3 Å². The molecule has 0 aliphatic carbocycles. The van der Waals surface area contributed by atoms with Crippen molar-refractivity contribution in [3.8, 4) is 34.1 Å². The SMILES string of the molecule is CCOC1Oc2c(-c3ccc(OC(=O)NC)c(OC(C)C)c3)cc(OS(C)(=O)=O)cc2C1(C)C. The number of hydrogen-bond acceptors (Lipinski definition) is 8. The number of fused-ring (bicyclic) bond motifs is 1. The van der Waals surface area contributed by atoms with Gasteiger partial charge in [-0.1, -0.05) is 6.07 Å². The van der Waals surface area contributed by atoms with Crippen LogP contribution >= 0.6 is 0 Å². The highest BCUT2D eigenvalue weighted by Gasteiger charge is 2.44. The zero-order valence-corrected chi connectivity index (χ0v) is 21.2. The lowest BCUT2D eigenvalue weighted by Gasteiger charge is -2.25. The number of benzene rings is 2. The van der Waals surface area contributed by atoms with Gasteiger partial charge in [-0.15, -0.1) is 0 Å². The molecule has 0 saturated carbocycles. The summed E-state index contributed by atoms with van der Waals surface area (Å²) in [7, 11) is -2.30. The molecule has 1 unspecified atom stereocenters. The zero-order valence-electron chi connectivity index (χ0n) is 20.4. The summed E-state index contributed by atoms with van der Waals surface area (Å²) in [4.78, 5) is 11.8. The van der Waals surface area contributed by atoms with Crippen molar-refractivity contribution in [3.63, 3.8) is 0 Å². The van der Waals surface area contributed by atoms with Crippen molar-refractivity contribution in [2.24, 2.45) is 0 Å². The fraction of sp³-hybridized carbons (Fsp3) is 0.458. The largest absolute Gasteiger partial charge is 0.487 e. The Morgan fingerprint density at radius 2 is 1.88 bits per heavy atom. The summed E-state index contributed by atoms with van der Waals surface area (Å²) in [5.74, 6) is 1.30. The van der Waals surface area contributed by atoms with E-state index >= 15 is 0 Å². The molecule has 1 amide bonds. The maximum atomic E-state index is 11.9. The average molecular weight is 494 g/mol. The number of carbonyl (C=O) groups excluding carboxylic acids is 1. The smallest absolute Gasteiger partial charge is 0.412 e. The molecule has 186 valence electrons. The van der Waals surface area contributed by atoms with Crippen molar-refractivity contribution in [2.45, 2.75) is 52.4 Å². The maximum Gasteiger partial charge on any atom is 0.412 e. The topological polar surface area (TPSA) is 109 Å². The lowest BCUT2D eigenvalue weighted by Crippen LogP contribution is -2.34. The Kier molecular flexibility index (Phi) is 7.32. The van der Waals surface area contributed by atoms with Gasteiger partial charge in [0.2, 0.25) is 6.29 Å². The van der Waals surface area contributed by atoms with E-state index < -0.39 is 27.9 Å². The Balaban J connectivity index is 2.19. The van der Waals surface area contributed by atoms with E-state index in [4.69, 9.17) is 23.1 Å². The van der Waals surface area contributed by atoms with Gasteiger partial charge in [0.1, 0.15) is 11.5 Å². The molecule has 0 spiro atoms. The van der Waals surface area contributed by atoms with Crippen molar-refractivity contribution in [2.75, 3.05) is 19.9 Å². The molecule has 1 N–H and O–H groups in total. The Morgan fingerprint density at radius 1 is 1.18 bits per heavy atom. The minimum atomic E-state index is -3.76. The minimum Gasteiger partial charge on any atom is -0.487 e. The number of hydrogen-bond donors (Lipinski definition) is 1. The monoisotopic (exact) mass is 493 g/mol. The van der Waals surface area contributed by atoms with E-state index in [0.717, 1.165) is 11.8 Å². The summed E-state index contributed by atoms with van der Waals surface area (Å²) in [5.41, 5.74) is 1.42. The van der Waals surface area contributed by atoms with E-state index in [-0.39, 0.29) is 17.6 Å². The van der Waals surface area contributed by atoms with Gasteiger partial charge in [0.25, 0.3) is 0 Å². The normalized spacial score (nSPS) is 16.5. The molecule has 10 heteroatoms. The first-order chi connectivity index (χ1) is 15.9. The van der Waals surface area contributed by atoms with Crippen LogP contribution in [0.25, 0.3) is 11.1 Å². The van der Waals surface area contributed by atoms with Crippen LogP contribution in [0.1, 0.15) is 40.2 Å². The van der Waals surface area contributed by atoms with E-state index in [1.165, 1.54) is 7.05 Å². The van der Waals surface area contributed by atoms with Gasteiger partial charge < -0.3 is 28.4 Å². The summed E-state index contributed by atoms with van der Waals surface area (Å²) < 4.78 is 52.2. The Labute approximate surface area is 200 Å². The highest BCUT2D eigenvalue weighted by molar-refractivity contribution is 7.86. The lowest BCUT2D eigenvalue weighted by molar-refractivity contribution is -0.0980. The molecule has 0 aromatic heterocycles. The Bertz CT molecular complexity index is 1170. The first kappa shape index (κ1) is 25.6. The van der Waals surface area contributed by atoms with Gasteiger partial charge in [-0.25, -0.2) is 4.79 Å². The van der Waals surface area contributed by atoms with Gasteiger partial charge in [0.05, 0.1) is 17.8 Å². The third-order valence-corrected chi connectivity index (χ3v) is 5.66. The zero-order chi connectivity index (χ0) is 25.3. The molecule has 2 aromatic rings. The molecular weight excluding hydrogens is 462 g/mol. The molecule has 1 aliphatic heterocycles. The fourth-order valence-corrected chi connectivity index (χ4v) is 4.12. The summed E-state index contributed by atoms with van der Waals surface area (Å²) in [6.45, 7) is 9.95. The van der Waals surface area contributed by atoms with Crippen molar-refractivity contribution < 1.29 is 36.3 Å². The Hall–Kier alpha value is -2.98. The molecular formula is C24H31NO8S. The standard InChI is InChI=1S/C24H31NO8S/c1-8-29-22-24(4,5)18-13-16(33-34(7,27)28)12-17(21(18)32-22)15-9-10-19(31-23(26)25-6)20(11-15)30-14(2)3/h9-14,22H,8H2,1-7H3,(H,25,26). The second-order valence-corrected chi connectivity index (χ2v) is 10.3. The highest BCUT2D eigenvalue weighted by atomic mass is 32.2. The molecule has 9 nitrogen and oxygen atoms in total. The van der Waals surface area contributed by atoms with E-state index in [0.29, 0.717) is 29.2 Å². The van der Waals surface area contributed by atoms with Gasteiger partial charge in [0.15, 0.2) is 11.5 Å². The van der Waals surface area contributed by atoms with Gasteiger partial charge in [-0.05, 0) is 64.4 Å². The summed E-state index contributed by atoms with van der Waals surface area (Å²) >= 11 is 0. The van der Waals surface area contributed by atoms with Crippen molar-refractivity contribution in [1.29, 1.82) is 0 Å². The van der Waals surface area contributed by atoms with Gasteiger partial charge in [-0.2, -0.15) is 8.42 Å². The van der Waals surface area contributed by atoms with Crippen molar-refractivity contribution in [3.05, 3.63) is 35.9 Å². The summed E-state index contributed by atoms with van der Waals surface area (Å²) in [6, 6.07) is 8.31. The molecule has 1 atom stereocenters. The Morgan fingerprint density at radius 3 is 2.47 bits per heavy atom. The molecule has 3 rings (SSSR count). The first-order valence-electron chi connectivity index (χ1n) is 10.9. The lowest BCUT2D eigenvalue weighted by atomic mass is 9.83. The second kappa shape index (κ2) is 9.71. The first-order valence-corrected chi connectivity index (χ1v) is 12.7. The van der Waals surface area contributed by atoms with Crippen LogP contribution in [-0.4, -0.2) is 46.8 Å². The molecule has 0 radical (unpaired) electrons. The number of nitrogens with one attached hydrogen (secondary N) is 1. The van der Waals surface area contributed by atoms with Gasteiger partial charge >= 0.3 is 16.2 Å². The highest BCUT2D eigenvalue weighted by Crippen LogP contribution is 2.51. The van der Waals surface area contributed by atoms with Crippen LogP contribution in [0.3, 0.4) is 0 Å². The van der Waals surface area contributed by atoms with Crippen LogP contribution in [-0.2, 0) is 20.3 Å². The van der Waals surface area contributed by atoms with E-state index in [9.17, 15) is 13.2 Å². The molecule has 0 fully saturated rings. The predicted octanol–water partition coefficient (Wildman–Crippen LogP) is 4.23. The van der Waals surface area contributed by atoms with Crippen LogP contribution in [0.4, 0.5) is 4.79 Å². The van der Waals surface area contributed by atoms with Crippen molar-refractivity contribution >= 4 is 16.2 Å². The number of rotatable bonds is 8. The van der Waals surface area contributed by atoms with Crippen LogP contribution in [0.5, 0.6) is 23.0 Å². The molecule has 1 heterocycles. The van der Waals surface area contributed by atoms with Gasteiger partial charge in [-0.3, -0.25) is 0 Å². The predicted molar refractivity (Wildman–Crippen MR) is 127 cm³/mol. The summed E-state index contributed by atoms with van der Waals surface area (Å²) in [6.07, 6.45) is -0.396. The molecule has 0 bridgehead atoms. The maximum absolute atomic E-state index is 11.9. The third-order valence-electron chi connectivity index (χ3n) is 5.16. The second-order valence-electron chi connectivity index (χ2n) is 8.73. The molecule has 1 aliphatic rings. The van der Waals surface area contributed by atoms with Crippen LogP contribution in [0, 0.1) is 0 Å². The van der Waals surface area contributed by atoms with Crippen LogP contribution < -0.4 is 23.7 Å².